The standard InChI is InChI=1S/C56H39NO/c1-36-35-40(38-17-6-3-7-18-38)29-34-50(36)57(41-30-27-39(28-31-41)37-15-4-2-5-16-37)51-25-14-24-48-53(51)44-20-8-11-22-46(44)56(48)47-23-12-9-21-45(47)54-49(56)33-32-43-42-19-10-13-26-52(42)58-55(43)54/h2-31,34-35H,32-33H2,1H3. The van der Waals surface area contributed by atoms with Crippen LogP contribution in [-0.4, -0.2) is 0 Å². The SMILES string of the molecule is Cc1cc(-c2ccccc2)ccc1N(c1ccc(-c2ccccc2)cc1)c1cccc2c1-c1ccccc1C21C2=C(c3ccccc31)c1oc3ccccc3c1CC2. The molecule has 2 heteroatoms. The monoisotopic (exact) mass is 741 g/mol. The van der Waals surface area contributed by atoms with Crippen LogP contribution < -0.4 is 4.90 Å². The summed E-state index contributed by atoms with van der Waals surface area (Å²) in [6.07, 6.45) is 1.91. The van der Waals surface area contributed by atoms with E-state index in [1.807, 2.05) is 0 Å². The topological polar surface area (TPSA) is 16.4 Å². The van der Waals surface area contributed by atoms with Crippen molar-refractivity contribution in [1.82, 2.24) is 0 Å². The number of nitrogens with zero attached hydrogens (tertiary/aromatic N) is 1. The first-order valence-electron chi connectivity index (χ1n) is 20.4. The third kappa shape index (κ3) is 4.60. The first-order chi connectivity index (χ1) is 28.7. The summed E-state index contributed by atoms with van der Waals surface area (Å²) in [5.41, 5.74) is 22.0. The summed E-state index contributed by atoms with van der Waals surface area (Å²) < 4.78 is 6.85. The Morgan fingerprint density at radius 2 is 1.09 bits per heavy atom. The van der Waals surface area contributed by atoms with Gasteiger partial charge in [0.1, 0.15) is 11.3 Å². The zero-order valence-electron chi connectivity index (χ0n) is 32.2. The van der Waals surface area contributed by atoms with Crippen molar-refractivity contribution in [1.29, 1.82) is 0 Å². The molecule has 3 aliphatic rings. The van der Waals surface area contributed by atoms with E-state index in [0.29, 0.717) is 0 Å². The molecule has 0 saturated carbocycles. The number of benzene rings is 8. The molecule has 1 atom stereocenters. The molecule has 9 aromatic rings. The second-order valence-electron chi connectivity index (χ2n) is 15.9. The summed E-state index contributed by atoms with van der Waals surface area (Å²) in [5.74, 6) is 1.04. The van der Waals surface area contributed by atoms with Gasteiger partial charge in [-0.2, -0.15) is 0 Å². The van der Waals surface area contributed by atoms with Crippen LogP contribution in [0.3, 0.4) is 0 Å². The highest BCUT2D eigenvalue weighted by molar-refractivity contribution is 6.04. The third-order valence-corrected chi connectivity index (χ3v) is 13.0. The lowest BCUT2D eigenvalue weighted by Crippen LogP contribution is -2.28. The van der Waals surface area contributed by atoms with Gasteiger partial charge in [0.2, 0.25) is 0 Å². The smallest absolute Gasteiger partial charge is 0.139 e. The predicted octanol–water partition coefficient (Wildman–Crippen LogP) is 14.6. The van der Waals surface area contributed by atoms with Gasteiger partial charge >= 0.3 is 0 Å². The van der Waals surface area contributed by atoms with Crippen LogP contribution in [0.5, 0.6) is 0 Å². The van der Waals surface area contributed by atoms with E-state index in [4.69, 9.17) is 4.42 Å². The molecule has 0 amide bonds. The fourth-order valence-electron chi connectivity index (χ4n) is 10.6. The molecule has 8 aromatic carbocycles. The van der Waals surface area contributed by atoms with Gasteiger partial charge in [-0.1, -0.05) is 158 Å². The molecule has 0 bridgehead atoms. The van der Waals surface area contributed by atoms with Gasteiger partial charge in [0.25, 0.3) is 0 Å². The van der Waals surface area contributed by atoms with Crippen LogP contribution in [0.4, 0.5) is 17.1 Å². The van der Waals surface area contributed by atoms with Crippen molar-refractivity contribution in [3.8, 4) is 33.4 Å². The number of allylic oxidation sites excluding steroid dienone is 1. The second-order valence-corrected chi connectivity index (χ2v) is 15.9. The van der Waals surface area contributed by atoms with E-state index in [1.54, 1.807) is 0 Å². The predicted molar refractivity (Wildman–Crippen MR) is 239 cm³/mol. The maximum absolute atomic E-state index is 6.85. The van der Waals surface area contributed by atoms with Crippen molar-refractivity contribution in [3.05, 3.63) is 239 Å². The summed E-state index contributed by atoms with van der Waals surface area (Å²) in [4.78, 5) is 2.50. The van der Waals surface area contributed by atoms with Crippen LogP contribution >= 0.6 is 0 Å². The molecule has 2 nitrogen and oxygen atoms in total. The molecule has 12 rings (SSSR count). The summed E-state index contributed by atoms with van der Waals surface area (Å²) >= 11 is 0. The normalized spacial score (nSPS) is 15.9. The molecular formula is C56H39NO. The zero-order valence-corrected chi connectivity index (χ0v) is 32.2. The molecule has 0 radical (unpaired) electrons. The first kappa shape index (κ1) is 33.0. The number of rotatable bonds is 5. The lowest BCUT2D eigenvalue weighted by Gasteiger charge is -2.34. The minimum Gasteiger partial charge on any atom is -0.456 e. The molecule has 0 fully saturated rings. The van der Waals surface area contributed by atoms with E-state index < -0.39 is 5.41 Å². The summed E-state index contributed by atoms with van der Waals surface area (Å²) in [5, 5.41) is 1.24. The van der Waals surface area contributed by atoms with Crippen LogP contribution in [0.1, 0.15) is 45.6 Å². The Morgan fingerprint density at radius 1 is 0.483 bits per heavy atom. The van der Waals surface area contributed by atoms with Crippen molar-refractivity contribution < 1.29 is 4.42 Å². The molecule has 0 saturated heterocycles. The van der Waals surface area contributed by atoms with Crippen molar-refractivity contribution in [3.63, 3.8) is 0 Å². The van der Waals surface area contributed by atoms with E-state index in [2.05, 4.69) is 206 Å². The number of hydrogen-bond acceptors (Lipinski definition) is 2. The average molecular weight is 742 g/mol. The molecule has 1 spiro atoms. The van der Waals surface area contributed by atoms with Crippen molar-refractivity contribution >= 4 is 33.6 Å². The molecule has 3 aliphatic carbocycles. The number of aryl methyl sites for hydroxylation is 2. The van der Waals surface area contributed by atoms with E-state index in [0.717, 1.165) is 35.6 Å². The van der Waals surface area contributed by atoms with Gasteiger partial charge in [-0.15, -0.1) is 0 Å². The Kier molecular flexibility index (Phi) is 7.22. The van der Waals surface area contributed by atoms with Crippen molar-refractivity contribution in [2.75, 3.05) is 4.90 Å². The minimum absolute atomic E-state index is 0.445. The van der Waals surface area contributed by atoms with Gasteiger partial charge in [-0.25, -0.2) is 0 Å². The van der Waals surface area contributed by atoms with Crippen LogP contribution in [0.25, 0.3) is 49.9 Å². The number of fused-ring (bicyclic) bond motifs is 13. The summed E-state index contributed by atoms with van der Waals surface area (Å²) in [7, 11) is 0. The molecule has 274 valence electrons. The first-order valence-corrected chi connectivity index (χ1v) is 20.4. The van der Waals surface area contributed by atoms with Crippen LogP contribution in [-0.2, 0) is 11.8 Å². The third-order valence-electron chi connectivity index (χ3n) is 13.0. The number of hydrogen-bond donors (Lipinski definition) is 0. The average Bonchev–Trinajstić information content (AvgIpc) is 3.92. The van der Waals surface area contributed by atoms with Gasteiger partial charge in [0, 0.05) is 33.5 Å². The Balaban J connectivity index is 1.12. The number of anilines is 3. The number of para-hydroxylation sites is 1. The van der Waals surface area contributed by atoms with Gasteiger partial charge in [0.05, 0.1) is 11.1 Å². The fraction of sp³-hybridized carbons (Fsp3) is 0.0714. The Morgan fingerprint density at radius 3 is 1.84 bits per heavy atom. The molecule has 0 aliphatic heterocycles. The highest BCUT2D eigenvalue weighted by Gasteiger charge is 2.55. The van der Waals surface area contributed by atoms with E-state index in [9.17, 15) is 0 Å². The second kappa shape index (κ2) is 12.7. The fourth-order valence-corrected chi connectivity index (χ4v) is 10.6. The molecule has 58 heavy (non-hydrogen) atoms. The Hall–Kier alpha value is -7.16. The Labute approximate surface area is 339 Å². The minimum atomic E-state index is -0.445. The largest absolute Gasteiger partial charge is 0.456 e. The van der Waals surface area contributed by atoms with Crippen LogP contribution in [0, 0.1) is 6.92 Å². The van der Waals surface area contributed by atoms with Crippen molar-refractivity contribution in [2.45, 2.75) is 25.2 Å². The van der Waals surface area contributed by atoms with Crippen molar-refractivity contribution in [2.24, 2.45) is 0 Å². The van der Waals surface area contributed by atoms with Gasteiger partial charge in [-0.3, -0.25) is 0 Å². The van der Waals surface area contributed by atoms with Gasteiger partial charge in [0.15, 0.2) is 0 Å². The van der Waals surface area contributed by atoms with E-state index >= 15 is 0 Å². The van der Waals surface area contributed by atoms with Crippen LogP contribution in [0.2, 0.25) is 0 Å². The summed E-state index contributed by atoms with van der Waals surface area (Å²) in [6.45, 7) is 2.25. The lowest BCUT2D eigenvalue weighted by atomic mass is 9.67. The van der Waals surface area contributed by atoms with Gasteiger partial charge < -0.3 is 9.32 Å². The molecule has 1 unspecified atom stereocenters. The lowest BCUT2D eigenvalue weighted by molar-refractivity contribution is 0.585. The zero-order chi connectivity index (χ0) is 38.4. The van der Waals surface area contributed by atoms with Crippen LogP contribution in [0.15, 0.2) is 204 Å². The molecule has 1 heterocycles. The summed E-state index contributed by atoms with van der Waals surface area (Å²) in [6, 6.07) is 71.3. The maximum Gasteiger partial charge on any atom is 0.139 e. The number of furan rings is 1. The molecule has 0 N–H and O–H groups in total. The maximum atomic E-state index is 6.85. The molecular weight excluding hydrogens is 703 g/mol. The molecule has 1 aromatic heterocycles. The quantitative estimate of drug-likeness (QED) is 0.175. The highest BCUT2D eigenvalue weighted by atomic mass is 16.3. The van der Waals surface area contributed by atoms with Gasteiger partial charge in [-0.05, 0) is 117 Å². The Bertz CT molecular complexity index is 3120. The van der Waals surface area contributed by atoms with E-state index in [-0.39, 0.29) is 0 Å². The highest BCUT2D eigenvalue weighted by Crippen LogP contribution is 2.66. The van der Waals surface area contributed by atoms with E-state index in [1.165, 1.54) is 89.0 Å².